The van der Waals surface area contributed by atoms with Crippen LogP contribution in [0.3, 0.4) is 0 Å². The van der Waals surface area contributed by atoms with E-state index in [0.717, 1.165) is 5.56 Å². The van der Waals surface area contributed by atoms with E-state index in [1.807, 2.05) is 4.90 Å². The normalized spacial score (nSPS) is 14.2. The number of benzene rings is 1. The Kier molecular flexibility index (Phi) is 5.17. The van der Waals surface area contributed by atoms with Gasteiger partial charge in [0.25, 0.3) is 5.69 Å². The number of rotatable bonds is 3. The number of piperazine rings is 1. The quantitative estimate of drug-likeness (QED) is 0.501. The number of aryl methyl sites for hydroxylation is 1. The molecule has 2 amide bonds. The fraction of sp³-hybridized carbons (Fsp3) is 0.312. The molecule has 1 saturated heterocycles. The first-order chi connectivity index (χ1) is 12.4. The minimum atomic E-state index is -0.501. The van der Waals surface area contributed by atoms with Crippen LogP contribution in [0.25, 0.3) is 0 Å². The number of aromatic nitrogens is 2. The highest BCUT2D eigenvalue weighted by atomic mass is 35.5. The highest BCUT2D eigenvalue weighted by Gasteiger charge is 2.24. The number of amides is 2. The molecule has 0 radical (unpaired) electrons. The molecule has 2 aromatic rings. The fourth-order valence-electron chi connectivity index (χ4n) is 2.73. The van der Waals surface area contributed by atoms with Crippen LogP contribution in [0.4, 0.5) is 22.0 Å². The van der Waals surface area contributed by atoms with Crippen molar-refractivity contribution >= 4 is 34.8 Å². The molecule has 2 heterocycles. The summed E-state index contributed by atoms with van der Waals surface area (Å²) in [5.74, 6) is 0.708. The van der Waals surface area contributed by atoms with Crippen molar-refractivity contribution in [2.45, 2.75) is 6.92 Å². The van der Waals surface area contributed by atoms with E-state index in [2.05, 4.69) is 15.3 Å². The zero-order valence-corrected chi connectivity index (χ0v) is 14.8. The molecular weight excluding hydrogens is 360 g/mol. The number of carbonyl (C=O) groups is 1. The second kappa shape index (κ2) is 7.52. The van der Waals surface area contributed by atoms with Gasteiger partial charge in [0.1, 0.15) is 11.5 Å². The van der Waals surface area contributed by atoms with Gasteiger partial charge < -0.3 is 15.1 Å². The SMILES string of the molecule is Cc1ccc(NC(=O)N2CCN(c3ccnc(Cl)n3)CC2)c([N+](=O)[O-])c1. The van der Waals surface area contributed by atoms with E-state index < -0.39 is 4.92 Å². The standard InChI is InChI=1S/C16H17ClN6O3/c1-11-2-3-12(13(10-11)23(25)26)19-16(24)22-8-6-21(7-9-22)14-4-5-18-15(17)20-14/h2-5,10H,6-9H2,1H3,(H,19,24). The van der Waals surface area contributed by atoms with Gasteiger partial charge in [0.2, 0.25) is 5.28 Å². The molecule has 0 saturated carbocycles. The number of hydrogen-bond donors (Lipinski definition) is 1. The van der Waals surface area contributed by atoms with Crippen molar-refractivity contribution in [2.75, 3.05) is 36.4 Å². The summed E-state index contributed by atoms with van der Waals surface area (Å²) in [4.78, 5) is 34.8. The number of hydrogen-bond acceptors (Lipinski definition) is 6. The van der Waals surface area contributed by atoms with Crippen LogP contribution in [0, 0.1) is 17.0 Å². The van der Waals surface area contributed by atoms with Gasteiger partial charge in [-0.15, -0.1) is 0 Å². The lowest BCUT2D eigenvalue weighted by Crippen LogP contribution is -2.50. The van der Waals surface area contributed by atoms with Crippen LogP contribution in [0.15, 0.2) is 30.5 Å². The average Bonchev–Trinajstić information content (AvgIpc) is 2.63. The molecule has 0 spiro atoms. The second-order valence-electron chi connectivity index (χ2n) is 5.87. The van der Waals surface area contributed by atoms with E-state index in [9.17, 15) is 14.9 Å². The summed E-state index contributed by atoms with van der Waals surface area (Å²) in [6.07, 6.45) is 1.58. The predicted molar refractivity (Wildman–Crippen MR) is 97.7 cm³/mol. The molecule has 0 bridgehead atoms. The van der Waals surface area contributed by atoms with E-state index in [0.29, 0.717) is 32.0 Å². The van der Waals surface area contributed by atoms with Gasteiger partial charge in [0, 0.05) is 38.4 Å². The molecule has 9 nitrogen and oxygen atoms in total. The highest BCUT2D eigenvalue weighted by molar-refractivity contribution is 6.28. The van der Waals surface area contributed by atoms with E-state index in [-0.39, 0.29) is 22.7 Å². The maximum Gasteiger partial charge on any atom is 0.322 e. The van der Waals surface area contributed by atoms with E-state index in [4.69, 9.17) is 11.6 Å². The molecule has 3 rings (SSSR count). The molecule has 0 aliphatic carbocycles. The van der Waals surface area contributed by atoms with Crippen LogP contribution >= 0.6 is 11.6 Å². The van der Waals surface area contributed by atoms with Crippen molar-refractivity contribution < 1.29 is 9.72 Å². The number of anilines is 2. The van der Waals surface area contributed by atoms with E-state index in [1.165, 1.54) is 6.07 Å². The van der Waals surface area contributed by atoms with Crippen molar-refractivity contribution in [3.05, 3.63) is 51.4 Å². The maximum atomic E-state index is 12.5. The minimum absolute atomic E-state index is 0.118. The van der Waals surface area contributed by atoms with Crippen molar-refractivity contribution in [1.82, 2.24) is 14.9 Å². The summed E-state index contributed by atoms with van der Waals surface area (Å²) in [6, 6.07) is 6.10. The molecule has 1 aliphatic heterocycles. The average molecular weight is 377 g/mol. The van der Waals surface area contributed by atoms with Crippen LogP contribution in [-0.4, -0.2) is 52.0 Å². The second-order valence-corrected chi connectivity index (χ2v) is 6.20. The van der Waals surface area contributed by atoms with E-state index in [1.54, 1.807) is 36.2 Å². The molecule has 1 fully saturated rings. The molecule has 136 valence electrons. The van der Waals surface area contributed by atoms with Crippen LogP contribution in [0.1, 0.15) is 5.56 Å². The predicted octanol–water partition coefficient (Wildman–Crippen LogP) is 2.70. The number of nitro benzene ring substituents is 1. The third-order valence-corrected chi connectivity index (χ3v) is 4.28. The summed E-state index contributed by atoms with van der Waals surface area (Å²) < 4.78 is 0. The Balaban J connectivity index is 1.63. The fourth-order valence-corrected chi connectivity index (χ4v) is 2.88. The zero-order chi connectivity index (χ0) is 18.7. The topological polar surface area (TPSA) is 104 Å². The molecule has 1 aromatic heterocycles. The maximum absolute atomic E-state index is 12.5. The van der Waals surface area contributed by atoms with Gasteiger partial charge in [-0.3, -0.25) is 10.1 Å². The van der Waals surface area contributed by atoms with Crippen molar-refractivity contribution in [3.8, 4) is 0 Å². The van der Waals surface area contributed by atoms with Gasteiger partial charge in [-0.2, -0.15) is 0 Å². The first-order valence-electron chi connectivity index (χ1n) is 7.98. The smallest absolute Gasteiger partial charge is 0.322 e. The van der Waals surface area contributed by atoms with Crippen LogP contribution in [0.5, 0.6) is 0 Å². The Labute approximate surface area is 154 Å². The Morgan fingerprint density at radius 2 is 2.00 bits per heavy atom. The van der Waals surface area contributed by atoms with Crippen molar-refractivity contribution in [1.29, 1.82) is 0 Å². The summed E-state index contributed by atoms with van der Waals surface area (Å²) >= 11 is 5.81. The molecule has 10 heteroatoms. The van der Waals surface area contributed by atoms with Gasteiger partial charge in [0.05, 0.1) is 4.92 Å². The largest absolute Gasteiger partial charge is 0.353 e. The number of urea groups is 1. The molecule has 26 heavy (non-hydrogen) atoms. The molecule has 0 atom stereocenters. The van der Waals surface area contributed by atoms with Gasteiger partial charge >= 0.3 is 6.03 Å². The Morgan fingerprint density at radius 3 is 2.65 bits per heavy atom. The summed E-state index contributed by atoms with van der Waals surface area (Å²) in [5, 5.41) is 14.0. The first kappa shape index (κ1) is 17.9. The van der Waals surface area contributed by atoms with E-state index >= 15 is 0 Å². The number of nitrogens with one attached hydrogen (secondary N) is 1. The van der Waals surface area contributed by atoms with Crippen LogP contribution in [-0.2, 0) is 0 Å². The molecule has 0 unspecified atom stereocenters. The Hall–Kier alpha value is -2.94. The van der Waals surface area contributed by atoms with Crippen LogP contribution in [0.2, 0.25) is 5.28 Å². The molecule has 1 aliphatic rings. The van der Waals surface area contributed by atoms with Crippen LogP contribution < -0.4 is 10.2 Å². The minimum Gasteiger partial charge on any atom is -0.353 e. The van der Waals surface area contributed by atoms with Gasteiger partial charge in [-0.05, 0) is 36.2 Å². The molecular formula is C16H17ClN6O3. The number of halogens is 1. The number of carbonyl (C=O) groups excluding carboxylic acids is 1. The highest BCUT2D eigenvalue weighted by Crippen LogP contribution is 2.26. The zero-order valence-electron chi connectivity index (χ0n) is 14.1. The third-order valence-electron chi connectivity index (χ3n) is 4.09. The van der Waals surface area contributed by atoms with Crippen molar-refractivity contribution in [2.24, 2.45) is 0 Å². The van der Waals surface area contributed by atoms with Gasteiger partial charge in [-0.25, -0.2) is 14.8 Å². The van der Waals surface area contributed by atoms with Crippen molar-refractivity contribution in [3.63, 3.8) is 0 Å². The summed E-state index contributed by atoms with van der Waals surface area (Å²) in [6.45, 7) is 3.85. The number of nitro groups is 1. The summed E-state index contributed by atoms with van der Waals surface area (Å²) in [7, 11) is 0. The lowest BCUT2D eigenvalue weighted by Gasteiger charge is -2.35. The Morgan fingerprint density at radius 1 is 1.27 bits per heavy atom. The number of nitrogens with zero attached hydrogens (tertiary/aromatic N) is 5. The molecule has 1 N–H and O–H groups in total. The first-order valence-corrected chi connectivity index (χ1v) is 8.36. The Bertz CT molecular complexity index is 838. The molecule has 1 aromatic carbocycles. The third kappa shape index (κ3) is 3.99. The monoisotopic (exact) mass is 376 g/mol. The lowest BCUT2D eigenvalue weighted by molar-refractivity contribution is -0.384. The van der Waals surface area contributed by atoms with Gasteiger partial charge in [-0.1, -0.05) is 6.07 Å². The lowest BCUT2D eigenvalue weighted by atomic mass is 10.2. The van der Waals surface area contributed by atoms with Gasteiger partial charge in [0.15, 0.2) is 0 Å². The summed E-state index contributed by atoms with van der Waals surface area (Å²) in [5.41, 5.74) is 0.829.